The third-order valence-electron chi connectivity index (χ3n) is 4.99. The van der Waals surface area contributed by atoms with Gasteiger partial charge in [-0.3, -0.25) is 4.99 Å². The average Bonchev–Trinajstić information content (AvgIpc) is 3.25. The number of hydrogen-bond donors (Lipinski definition) is 2. The molecule has 0 unspecified atom stereocenters. The second-order valence-electron chi connectivity index (χ2n) is 7.31. The molecule has 0 atom stereocenters. The molecule has 1 aliphatic heterocycles. The van der Waals surface area contributed by atoms with E-state index in [0.717, 1.165) is 69.5 Å². The van der Waals surface area contributed by atoms with Crippen molar-refractivity contribution >= 4 is 5.96 Å². The van der Waals surface area contributed by atoms with Gasteiger partial charge in [-0.25, -0.2) is 9.37 Å². The number of nitrogens with zero attached hydrogens (tertiary/aromatic N) is 2. The van der Waals surface area contributed by atoms with Crippen molar-refractivity contribution in [1.29, 1.82) is 0 Å². The molecule has 0 saturated carbocycles. The van der Waals surface area contributed by atoms with Gasteiger partial charge in [0, 0.05) is 58.5 Å². The summed E-state index contributed by atoms with van der Waals surface area (Å²) in [6, 6.07) is 6.10. The van der Waals surface area contributed by atoms with Gasteiger partial charge in [-0.05, 0) is 49.4 Å². The van der Waals surface area contributed by atoms with Gasteiger partial charge in [0.25, 0.3) is 0 Å². The lowest BCUT2D eigenvalue weighted by atomic mass is 10.0. The highest BCUT2D eigenvalue weighted by Crippen LogP contribution is 2.19. The summed E-state index contributed by atoms with van der Waals surface area (Å²) in [7, 11) is 1.75. The Balaban J connectivity index is 1.28. The van der Waals surface area contributed by atoms with Crippen LogP contribution in [0, 0.1) is 11.7 Å². The van der Waals surface area contributed by atoms with Crippen molar-refractivity contribution in [1.82, 2.24) is 15.6 Å². The van der Waals surface area contributed by atoms with E-state index in [1.807, 2.05) is 0 Å². The van der Waals surface area contributed by atoms with Crippen LogP contribution in [0.15, 0.2) is 39.9 Å². The van der Waals surface area contributed by atoms with Gasteiger partial charge >= 0.3 is 0 Å². The van der Waals surface area contributed by atoms with E-state index in [2.05, 4.69) is 20.6 Å². The second-order valence-corrected chi connectivity index (χ2v) is 7.31. The highest BCUT2D eigenvalue weighted by Gasteiger charge is 2.13. The maximum absolute atomic E-state index is 13.0. The van der Waals surface area contributed by atoms with E-state index in [1.54, 1.807) is 25.4 Å². The standard InChI is InChI=1S/C22H31FN4O3/c1-24-22(25-10-2-12-29-15-17-8-13-28-14-9-17)26-11-7-20-16-30-21(27-20)18-3-5-19(23)6-4-18/h3-6,16-17H,2,7-15H2,1H3,(H2,24,25,26). The molecular formula is C22H31FN4O3. The van der Waals surface area contributed by atoms with Crippen LogP contribution in [0.2, 0.25) is 0 Å². The third kappa shape index (κ3) is 7.42. The zero-order valence-corrected chi connectivity index (χ0v) is 17.5. The molecule has 2 aromatic rings. The molecule has 8 heteroatoms. The van der Waals surface area contributed by atoms with Crippen molar-refractivity contribution in [2.24, 2.45) is 10.9 Å². The Kier molecular flexibility index (Phi) is 9.11. The Morgan fingerprint density at radius 1 is 1.20 bits per heavy atom. The molecule has 0 amide bonds. The molecule has 0 radical (unpaired) electrons. The Hall–Kier alpha value is -2.45. The van der Waals surface area contributed by atoms with E-state index in [0.29, 0.717) is 24.8 Å². The molecule has 0 bridgehead atoms. The number of halogens is 1. The molecule has 1 aromatic heterocycles. The van der Waals surface area contributed by atoms with Crippen molar-refractivity contribution in [3.05, 3.63) is 42.0 Å². The predicted molar refractivity (Wildman–Crippen MR) is 114 cm³/mol. The first-order valence-electron chi connectivity index (χ1n) is 10.5. The molecule has 0 spiro atoms. The first-order chi connectivity index (χ1) is 14.7. The third-order valence-corrected chi connectivity index (χ3v) is 4.99. The quantitative estimate of drug-likeness (QED) is 0.351. The number of hydrogen-bond acceptors (Lipinski definition) is 5. The van der Waals surface area contributed by atoms with E-state index in [9.17, 15) is 4.39 Å². The van der Waals surface area contributed by atoms with Crippen molar-refractivity contribution < 1.29 is 18.3 Å². The molecule has 0 aliphatic carbocycles. The van der Waals surface area contributed by atoms with Crippen LogP contribution >= 0.6 is 0 Å². The number of guanidine groups is 1. The minimum atomic E-state index is -0.278. The molecular weight excluding hydrogens is 387 g/mol. The number of benzene rings is 1. The summed E-state index contributed by atoms with van der Waals surface area (Å²) in [6.07, 6.45) is 5.46. The van der Waals surface area contributed by atoms with Crippen LogP contribution in [0.5, 0.6) is 0 Å². The maximum atomic E-state index is 13.0. The lowest BCUT2D eigenvalue weighted by Gasteiger charge is -2.21. The number of oxazole rings is 1. The fourth-order valence-electron chi connectivity index (χ4n) is 3.22. The topological polar surface area (TPSA) is 80.9 Å². The Labute approximate surface area is 177 Å². The van der Waals surface area contributed by atoms with E-state index in [4.69, 9.17) is 13.9 Å². The zero-order valence-electron chi connectivity index (χ0n) is 17.5. The Morgan fingerprint density at radius 3 is 2.73 bits per heavy atom. The SMILES string of the molecule is CN=C(NCCCOCC1CCOCC1)NCCc1coc(-c2ccc(F)cc2)n1. The summed E-state index contributed by atoms with van der Waals surface area (Å²) in [4.78, 5) is 8.69. The Bertz CT molecular complexity index is 773. The first kappa shape index (κ1) is 22.2. The van der Waals surface area contributed by atoms with Crippen LogP contribution in [0.4, 0.5) is 4.39 Å². The van der Waals surface area contributed by atoms with Crippen LogP contribution in [-0.4, -0.2) is 57.5 Å². The molecule has 30 heavy (non-hydrogen) atoms. The number of nitrogens with one attached hydrogen (secondary N) is 2. The fraction of sp³-hybridized carbons (Fsp3) is 0.545. The van der Waals surface area contributed by atoms with Crippen LogP contribution in [0.25, 0.3) is 11.5 Å². The van der Waals surface area contributed by atoms with Gasteiger partial charge < -0.3 is 24.5 Å². The lowest BCUT2D eigenvalue weighted by Crippen LogP contribution is -2.39. The molecule has 2 N–H and O–H groups in total. The second kappa shape index (κ2) is 12.3. The summed E-state index contributed by atoms with van der Waals surface area (Å²) in [5.41, 5.74) is 1.59. The first-order valence-corrected chi connectivity index (χ1v) is 10.5. The number of aromatic nitrogens is 1. The van der Waals surface area contributed by atoms with E-state index in [-0.39, 0.29) is 5.82 Å². The van der Waals surface area contributed by atoms with Crippen molar-refractivity contribution in [3.8, 4) is 11.5 Å². The van der Waals surface area contributed by atoms with Crippen LogP contribution < -0.4 is 10.6 Å². The van der Waals surface area contributed by atoms with E-state index < -0.39 is 0 Å². The molecule has 1 aliphatic rings. The number of ether oxygens (including phenoxy) is 2. The minimum absolute atomic E-state index is 0.278. The highest BCUT2D eigenvalue weighted by molar-refractivity contribution is 5.79. The predicted octanol–water partition coefficient (Wildman–Crippen LogP) is 3.02. The summed E-state index contributed by atoms with van der Waals surface area (Å²) < 4.78 is 29.7. The zero-order chi connectivity index (χ0) is 21.0. The van der Waals surface area contributed by atoms with E-state index in [1.165, 1.54) is 12.1 Å². The normalized spacial score (nSPS) is 15.3. The van der Waals surface area contributed by atoms with Gasteiger partial charge in [0.15, 0.2) is 5.96 Å². The van der Waals surface area contributed by atoms with Gasteiger partial charge in [0.2, 0.25) is 5.89 Å². The highest BCUT2D eigenvalue weighted by atomic mass is 19.1. The van der Waals surface area contributed by atoms with Crippen LogP contribution in [-0.2, 0) is 15.9 Å². The molecule has 1 fully saturated rings. The molecule has 1 saturated heterocycles. The van der Waals surface area contributed by atoms with Gasteiger partial charge in [0.1, 0.15) is 12.1 Å². The smallest absolute Gasteiger partial charge is 0.226 e. The van der Waals surface area contributed by atoms with Crippen molar-refractivity contribution in [2.75, 3.05) is 46.6 Å². The number of rotatable bonds is 10. The average molecular weight is 419 g/mol. The lowest BCUT2D eigenvalue weighted by molar-refractivity contribution is 0.0203. The largest absolute Gasteiger partial charge is 0.444 e. The fourth-order valence-corrected chi connectivity index (χ4v) is 3.22. The van der Waals surface area contributed by atoms with E-state index >= 15 is 0 Å². The number of aliphatic imine (C=N–C) groups is 1. The Morgan fingerprint density at radius 2 is 1.97 bits per heavy atom. The summed E-state index contributed by atoms with van der Waals surface area (Å²) in [6.45, 7) is 4.76. The minimum Gasteiger partial charge on any atom is -0.444 e. The van der Waals surface area contributed by atoms with Crippen molar-refractivity contribution in [2.45, 2.75) is 25.7 Å². The summed E-state index contributed by atoms with van der Waals surface area (Å²) >= 11 is 0. The molecule has 3 rings (SSSR count). The van der Waals surface area contributed by atoms with Crippen LogP contribution in [0.1, 0.15) is 25.0 Å². The molecule has 164 valence electrons. The van der Waals surface area contributed by atoms with Gasteiger partial charge in [0.05, 0.1) is 5.69 Å². The van der Waals surface area contributed by atoms with Crippen molar-refractivity contribution in [3.63, 3.8) is 0 Å². The monoisotopic (exact) mass is 418 g/mol. The molecule has 2 heterocycles. The van der Waals surface area contributed by atoms with Gasteiger partial charge in [-0.15, -0.1) is 0 Å². The summed E-state index contributed by atoms with van der Waals surface area (Å²) in [5.74, 6) is 1.61. The summed E-state index contributed by atoms with van der Waals surface area (Å²) in [5, 5.41) is 6.56. The molecule has 7 nitrogen and oxygen atoms in total. The maximum Gasteiger partial charge on any atom is 0.226 e. The van der Waals surface area contributed by atoms with Gasteiger partial charge in [-0.2, -0.15) is 0 Å². The molecule has 1 aromatic carbocycles. The van der Waals surface area contributed by atoms with Crippen LogP contribution in [0.3, 0.4) is 0 Å². The van der Waals surface area contributed by atoms with Gasteiger partial charge in [-0.1, -0.05) is 0 Å².